The van der Waals surface area contributed by atoms with Crippen LogP contribution in [0.2, 0.25) is 0 Å². The zero-order valence-electron chi connectivity index (χ0n) is 14.7. The van der Waals surface area contributed by atoms with Gasteiger partial charge in [0.2, 0.25) is 5.91 Å². The van der Waals surface area contributed by atoms with Crippen LogP contribution in [0.3, 0.4) is 0 Å². The number of fused-ring (bicyclic) bond motifs is 1. The summed E-state index contributed by atoms with van der Waals surface area (Å²) < 4.78 is 0. The lowest BCUT2D eigenvalue weighted by Gasteiger charge is -2.17. The van der Waals surface area contributed by atoms with E-state index in [-0.39, 0.29) is 11.3 Å². The lowest BCUT2D eigenvalue weighted by atomic mass is 9.92. The molecular formula is C18H23N5O. The minimum atomic E-state index is -0.0671. The van der Waals surface area contributed by atoms with E-state index in [1.165, 1.54) is 11.1 Å². The van der Waals surface area contributed by atoms with E-state index in [9.17, 15) is 4.79 Å². The fourth-order valence-corrected chi connectivity index (χ4v) is 2.63. The van der Waals surface area contributed by atoms with E-state index in [1.54, 1.807) is 6.20 Å². The number of aromatic nitrogens is 4. The van der Waals surface area contributed by atoms with Gasteiger partial charge >= 0.3 is 0 Å². The Kier molecular flexibility index (Phi) is 3.91. The molecule has 0 bridgehead atoms. The average molecular weight is 325 g/mol. The van der Waals surface area contributed by atoms with Crippen molar-refractivity contribution in [3.05, 3.63) is 29.5 Å². The molecular weight excluding hydrogens is 302 g/mol. The molecule has 0 spiro atoms. The van der Waals surface area contributed by atoms with Gasteiger partial charge in [-0.15, -0.1) is 0 Å². The lowest BCUT2D eigenvalue weighted by molar-refractivity contribution is -0.117. The predicted octanol–water partition coefficient (Wildman–Crippen LogP) is 3.94. The zero-order valence-corrected chi connectivity index (χ0v) is 14.7. The normalized spacial score (nSPS) is 11.9. The van der Waals surface area contributed by atoms with Crippen molar-refractivity contribution in [1.29, 1.82) is 0 Å². The summed E-state index contributed by atoms with van der Waals surface area (Å²) >= 11 is 0. The Morgan fingerprint density at radius 3 is 2.62 bits per heavy atom. The molecule has 3 N–H and O–H groups in total. The van der Waals surface area contributed by atoms with Crippen LogP contribution in [0, 0.1) is 19.3 Å². The molecule has 3 aromatic rings. The van der Waals surface area contributed by atoms with Gasteiger partial charge in [0.15, 0.2) is 5.82 Å². The van der Waals surface area contributed by atoms with Gasteiger partial charge in [-0.05, 0) is 42.5 Å². The summed E-state index contributed by atoms with van der Waals surface area (Å²) in [6.45, 7) is 10.2. The first-order valence-corrected chi connectivity index (χ1v) is 8.03. The molecule has 1 amide bonds. The molecule has 2 aromatic heterocycles. The number of nitrogens with zero attached hydrogens (tertiary/aromatic N) is 2. The SMILES string of the molecule is Cc1cc2nc(-c3[nH]ncc3NC(=O)CC(C)(C)C)[nH]c2cc1C. The van der Waals surface area contributed by atoms with E-state index >= 15 is 0 Å². The number of anilines is 1. The summed E-state index contributed by atoms with van der Waals surface area (Å²) in [5.74, 6) is 0.631. The van der Waals surface area contributed by atoms with E-state index < -0.39 is 0 Å². The van der Waals surface area contributed by atoms with Crippen LogP contribution < -0.4 is 5.32 Å². The first-order valence-electron chi connectivity index (χ1n) is 8.03. The molecule has 6 nitrogen and oxygen atoms in total. The Hall–Kier alpha value is -2.63. The van der Waals surface area contributed by atoms with Gasteiger partial charge in [0.1, 0.15) is 5.69 Å². The zero-order chi connectivity index (χ0) is 17.5. The third-order valence-electron chi connectivity index (χ3n) is 3.94. The highest BCUT2D eigenvalue weighted by molar-refractivity contribution is 5.94. The van der Waals surface area contributed by atoms with Gasteiger partial charge in [-0.25, -0.2) is 4.98 Å². The van der Waals surface area contributed by atoms with Crippen molar-refractivity contribution >= 4 is 22.6 Å². The van der Waals surface area contributed by atoms with Gasteiger partial charge in [-0.1, -0.05) is 20.8 Å². The number of hydrogen-bond acceptors (Lipinski definition) is 3. The Labute approximate surface area is 141 Å². The van der Waals surface area contributed by atoms with Crippen LogP contribution in [0.4, 0.5) is 5.69 Å². The maximum absolute atomic E-state index is 12.2. The molecule has 0 atom stereocenters. The van der Waals surface area contributed by atoms with Crippen LogP contribution in [0.1, 0.15) is 38.3 Å². The van der Waals surface area contributed by atoms with Gasteiger partial charge in [-0.3, -0.25) is 9.89 Å². The highest BCUT2D eigenvalue weighted by atomic mass is 16.1. The Balaban J connectivity index is 1.91. The second-order valence-electron chi connectivity index (χ2n) is 7.48. The fraction of sp³-hybridized carbons (Fsp3) is 0.389. The number of H-pyrrole nitrogens is 2. The van der Waals surface area contributed by atoms with E-state index in [2.05, 4.69) is 51.5 Å². The van der Waals surface area contributed by atoms with E-state index in [0.717, 1.165) is 11.0 Å². The van der Waals surface area contributed by atoms with Gasteiger partial charge in [0, 0.05) is 6.42 Å². The molecule has 3 rings (SSSR count). The molecule has 0 radical (unpaired) electrons. The smallest absolute Gasteiger partial charge is 0.224 e. The molecule has 0 aliphatic heterocycles. The number of amides is 1. The number of nitrogens with one attached hydrogen (secondary N) is 3. The summed E-state index contributed by atoms with van der Waals surface area (Å²) in [6.07, 6.45) is 2.05. The summed E-state index contributed by atoms with van der Waals surface area (Å²) in [7, 11) is 0. The Morgan fingerprint density at radius 2 is 1.92 bits per heavy atom. The van der Waals surface area contributed by atoms with Crippen molar-refractivity contribution in [3.63, 3.8) is 0 Å². The topological polar surface area (TPSA) is 86.5 Å². The highest BCUT2D eigenvalue weighted by Gasteiger charge is 2.19. The largest absolute Gasteiger partial charge is 0.337 e. The number of carbonyl (C=O) groups is 1. The van der Waals surface area contributed by atoms with Crippen molar-refractivity contribution < 1.29 is 4.79 Å². The van der Waals surface area contributed by atoms with Crippen LogP contribution >= 0.6 is 0 Å². The quantitative estimate of drug-likeness (QED) is 0.681. The second-order valence-corrected chi connectivity index (χ2v) is 7.48. The van der Waals surface area contributed by atoms with Gasteiger partial charge in [0.25, 0.3) is 0 Å². The third-order valence-corrected chi connectivity index (χ3v) is 3.94. The first kappa shape index (κ1) is 16.2. The van der Waals surface area contributed by atoms with Gasteiger partial charge < -0.3 is 10.3 Å². The molecule has 0 saturated heterocycles. The number of imidazole rings is 1. The highest BCUT2D eigenvalue weighted by Crippen LogP contribution is 2.27. The van der Waals surface area contributed by atoms with E-state index in [0.29, 0.717) is 23.6 Å². The standard InChI is InChI=1S/C18H23N5O/c1-10-6-12-13(7-11(10)2)22-17(21-12)16-14(9-19-23-16)20-15(24)8-18(3,4)5/h6-7,9H,8H2,1-5H3,(H,19,23)(H,20,24)(H,21,22). The molecule has 2 heterocycles. The third kappa shape index (κ3) is 3.32. The molecule has 0 saturated carbocycles. The van der Waals surface area contributed by atoms with Crippen LogP contribution in [-0.2, 0) is 4.79 Å². The monoisotopic (exact) mass is 325 g/mol. The molecule has 1 aromatic carbocycles. The molecule has 126 valence electrons. The maximum Gasteiger partial charge on any atom is 0.224 e. The Morgan fingerprint density at radius 1 is 1.21 bits per heavy atom. The number of benzene rings is 1. The number of hydrogen-bond donors (Lipinski definition) is 3. The minimum absolute atomic E-state index is 0.0343. The fourth-order valence-electron chi connectivity index (χ4n) is 2.63. The summed E-state index contributed by atoms with van der Waals surface area (Å²) in [4.78, 5) is 20.1. The molecule has 0 fully saturated rings. The number of rotatable bonds is 3. The van der Waals surface area contributed by atoms with Gasteiger partial charge in [-0.2, -0.15) is 5.10 Å². The van der Waals surface area contributed by atoms with E-state index in [4.69, 9.17) is 0 Å². The van der Waals surface area contributed by atoms with Crippen molar-refractivity contribution in [3.8, 4) is 11.5 Å². The average Bonchev–Trinajstić information content (AvgIpc) is 3.03. The molecule has 24 heavy (non-hydrogen) atoms. The first-order chi connectivity index (χ1) is 11.2. The molecule has 0 aliphatic rings. The molecule has 6 heteroatoms. The number of aryl methyl sites for hydroxylation is 2. The predicted molar refractivity (Wildman–Crippen MR) is 95.9 cm³/mol. The number of aromatic amines is 2. The van der Waals surface area contributed by atoms with Crippen molar-refractivity contribution in [2.75, 3.05) is 5.32 Å². The number of carbonyl (C=O) groups excluding carboxylic acids is 1. The van der Waals surface area contributed by atoms with Crippen LogP contribution in [0.25, 0.3) is 22.6 Å². The second kappa shape index (κ2) is 5.78. The Bertz CT molecular complexity index is 859. The van der Waals surface area contributed by atoms with Crippen molar-refractivity contribution in [1.82, 2.24) is 20.2 Å². The van der Waals surface area contributed by atoms with E-state index in [1.807, 2.05) is 20.8 Å². The summed E-state index contributed by atoms with van der Waals surface area (Å²) in [5, 5.41) is 9.90. The van der Waals surface area contributed by atoms with Crippen LogP contribution in [0.15, 0.2) is 18.3 Å². The van der Waals surface area contributed by atoms with Crippen LogP contribution in [0.5, 0.6) is 0 Å². The summed E-state index contributed by atoms with van der Waals surface area (Å²) in [5.41, 5.74) is 5.53. The van der Waals surface area contributed by atoms with Crippen molar-refractivity contribution in [2.45, 2.75) is 41.0 Å². The van der Waals surface area contributed by atoms with Gasteiger partial charge in [0.05, 0.1) is 22.9 Å². The molecule has 0 unspecified atom stereocenters. The maximum atomic E-state index is 12.2. The lowest BCUT2D eigenvalue weighted by Crippen LogP contribution is -2.19. The molecule has 0 aliphatic carbocycles. The summed E-state index contributed by atoms with van der Waals surface area (Å²) in [6, 6.07) is 4.13. The minimum Gasteiger partial charge on any atom is -0.337 e. The van der Waals surface area contributed by atoms with Crippen LogP contribution in [-0.4, -0.2) is 26.1 Å². The van der Waals surface area contributed by atoms with Crippen molar-refractivity contribution in [2.24, 2.45) is 5.41 Å².